The molecular weight excluding hydrogens is 210 g/mol. The van der Waals surface area contributed by atoms with Gasteiger partial charge in [0.25, 0.3) is 0 Å². The first-order chi connectivity index (χ1) is 7.68. The third-order valence-corrected chi connectivity index (χ3v) is 3.42. The van der Waals surface area contributed by atoms with Crippen LogP contribution < -0.4 is 0 Å². The number of hydrogen-bond donors (Lipinski definition) is 1. The Morgan fingerprint density at radius 1 is 1.38 bits per heavy atom. The Bertz CT molecular complexity index is 288. The van der Waals surface area contributed by atoms with Gasteiger partial charge in [0.2, 0.25) is 5.91 Å². The molecule has 2 aliphatic rings. The van der Waals surface area contributed by atoms with Gasteiger partial charge in [-0.2, -0.15) is 0 Å². The average molecular weight is 227 g/mol. The van der Waals surface area contributed by atoms with Gasteiger partial charge in [0.05, 0.1) is 13.2 Å². The summed E-state index contributed by atoms with van der Waals surface area (Å²) in [5, 5.41) is 8.99. The number of carboxylic acid groups (broad SMARTS) is 1. The summed E-state index contributed by atoms with van der Waals surface area (Å²) in [6.45, 7) is 0.967. The molecular formula is C11H17NO4. The van der Waals surface area contributed by atoms with Crippen molar-refractivity contribution in [3.63, 3.8) is 0 Å². The molecule has 0 aromatic rings. The van der Waals surface area contributed by atoms with Crippen LogP contribution in [0.2, 0.25) is 0 Å². The van der Waals surface area contributed by atoms with E-state index in [1.807, 2.05) is 0 Å². The minimum atomic E-state index is -0.971. The third-order valence-electron chi connectivity index (χ3n) is 3.42. The fourth-order valence-corrected chi connectivity index (χ4v) is 2.17. The first kappa shape index (κ1) is 11.4. The van der Waals surface area contributed by atoms with Crippen molar-refractivity contribution in [3.8, 4) is 0 Å². The van der Waals surface area contributed by atoms with E-state index in [-0.39, 0.29) is 12.5 Å². The van der Waals surface area contributed by atoms with Crippen LogP contribution in [0.3, 0.4) is 0 Å². The van der Waals surface area contributed by atoms with Gasteiger partial charge < -0.3 is 14.7 Å². The molecule has 1 saturated carbocycles. The standard InChI is InChI=1S/C11H17NO4/c13-10(6-8-2-1-3-8)12-4-5-16-7-9(12)11(14)15/h8-9H,1-7H2,(H,14,15). The number of nitrogens with zero attached hydrogens (tertiary/aromatic N) is 1. The van der Waals surface area contributed by atoms with Crippen molar-refractivity contribution >= 4 is 11.9 Å². The molecule has 2 fully saturated rings. The van der Waals surface area contributed by atoms with E-state index >= 15 is 0 Å². The minimum absolute atomic E-state index is 0.0274. The highest BCUT2D eigenvalue weighted by molar-refractivity contribution is 5.84. The molecule has 1 atom stereocenters. The van der Waals surface area contributed by atoms with Gasteiger partial charge in [-0.25, -0.2) is 4.79 Å². The predicted molar refractivity (Wildman–Crippen MR) is 55.9 cm³/mol. The molecule has 0 aromatic carbocycles. The van der Waals surface area contributed by atoms with Crippen LogP contribution in [0.5, 0.6) is 0 Å². The minimum Gasteiger partial charge on any atom is -0.480 e. The maximum Gasteiger partial charge on any atom is 0.328 e. The SMILES string of the molecule is O=C(O)C1COCCN1C(=O)CC1CCC1. The van der Waals surface area contributed by atoms with Crippen molar-refractivity contribution < 1.29 is 19.4 Å². The van der Waals surface area contributed by atoms with Crippen molar-refractivity contribution in [1.82, 2.24) is 4.90 Å². The van der Waals surface area contributed by atoms with Gasteiger partial charge in [-0.1, -0.05) is 6.42 Å². The second-order valence-corrected chi connectivity index (χ2v) is 4.52. The number of carbonyl (C=O) groups is 2. The number of rotatable bonds is 3. The van der Waals surface area contributed by atoms with Crippen LogP contribution in [-0.2, 0) is 14.3 Å². The van der Waals surface area contributed by atoms with Gasteiger partial charge in [0.1, 0.15) is 0 Å². The number of carbonyl (C=O) groups excluding carboxylic acids is 1. The highest BCUT2D eigenvalue weighted by Gasteiger charge is 2.34. The van der Waals surface area contributed by atoms with Crippen LogP contribution in [0.4, 0.5) is 0 Å². The lowest BCUT2D eigenvalue weighted by Crippen LogP contribution is -2.53. The molecule has 0 spiro atoms. The fourth-order valence-electron chi connectivity index (χ4n) is 2.17. The van der Waals surface area contributed by atoms with Crippen LogP contribution in [-0.4, -0.2) is 47.7 Å². The number of hydrogen-bond acceptors (Lipinski definition) is 3. The molecule has 0 bridgehead atoms. The molecule has 1 amide bonds. The number of ether oxygens (including phenoxy) is 1. The van der Waals surface area contributed by atoms with E-state index in [9.17, 15) is 9.59 Å². The third kappa shape index (κ3) is 2.35. The Balaban J connectivity index is 1.93. The zero-order valence-electron chi connectivity index (χ0n) is 9.22. The lowest BCUT2D eigenvalue weighted by molar-refractivity contribution is -0.159. The Kier molecular flexibility index (Phi) is 3.43. The Labute approximate surface area is 94.4 Å². The second kappa shape index (κ2) is 4.82. The number of morpholine rings is 1. The molecule has 2 rings (SSSR count). The van der Waals surface area contributed by atoms with Crippen molar-refractivity contribution in [1.29, 1.82) is 0 Å². The van der Waals surface area contributed by atoms with Crippen LogP contribution in [0, 0.1) is 5.92 Å². The van der Waals surface area contributed by atoms with Crippen molar-refractivity contribution in [2.45, 2.75) is 31.7 Å². The van der Waals surface area contributed by atoms with Crippen molar-refractivity contribution in [3.05, 3.63) is 0 Å². The summed E-state index contributed by atoms with van der Waals surface area (Å²) in [6, 6.07) is -0.790. The summed E-state index contributed by atoms with van der Waals surface area (Å²) in [4.78, 5) is 24.4. The smallest absolute Gasteiger partial charge is 0.328 e. The van der Waals surface area contributed by atoms with E-state index in [2.05, 4.69) is 0 Å². The summed E-state index contributed by atoms with van der Waals surface area (Å²) in [5.74, 6) is -0.521. The van der Waals surface area contributed by atoms with Crippen LogP contribution >= 0.6 is 0 Å². The molecule has 5 heteroatoms. The molecule has 1 aliphatic carbocycles. The van der Waals surface area contributed by atoms with Crippen LogP contribution in [0.25, 0.3) is 0 Å². The van der Waals surface area contributed by atoms with Gasteiger partial charge in [-0.15, -0.1) is 0 Å². The molecule has 0 radical (unpaired) electrons. The van der Waals surface area contributed by atoms with Gasteiger partial charge in [0.15, 0.2) is 6.04 Å². The fraction of sp³-hybridized carbons (Fsp3) is 0.818. The maximum absolute atomic E-state index is 11.9. The largest absolute Gasteiger partial charge is 0.480 e. The van der Waals surface area contributed by atoms with Gasteiger partial charge in [-0.05, 0) is 18.8 Å². The van der Waals surface area contributed by atoms with E-state index in [1.165, 1.54) is 11.3 Å². The molecule has 1 saturated heterocycles. The number of amides is 1. The lowest BCUT2D eigenvalue weighted by Gasteiger charge is -2.35. The maximum atomic E-state index is 11.9. The molecule has 5 nitrogen and oxygen atoms in total. The normalized spacial score (nSPS) is 26.2. The first-order valence-electron chi connectivity index (χ1n) is 5.78. The van der Waals surface area contributed by atoms with Gasteiger partial charge in [-0.3, -0.25) is 4.79 Å². The summed E-state index contributed by atoms with van der Waals surface area (Å²) < 4.78 is 5.09. The topological polar surface area (TPSA) is 66.8 Å². The van der Waals surface area contributed by atoms with Gasteiger partial charge in [0, 0.05) is 13.0 Å². The lowest BCUT2D eigenvalue weighted by atomic mass is 9.82. The second-order valence-electron chi connectivity index (χ2n) is 4.52. The first-order valence-corrected chi connectivity index (χ1v) is 5.78. The van der Waals surface area contributed by atoms with Crippen molar-refractivity contribution in [2.75, 3.05) is 19.8 Å². The number of carboxylic acids is 1. The Morgan fingerprint density at radius 2 is 2.12 bits per heavy atom. The highest BCUT2D eigenvalue weighted by Crippen LogP contribution is 2.30. The molecule has 1 heterocycles. The summed E-state index contributed by atoms with van der Waals surface area (Å²) >= 11 is 0. The number of aliphatic carboxylic acids is 1. The van der Waals surface area contributed by atoms with E-state index in [0.29, 0.717) is 25.5 Å². The van der Waals surface area contributed by atoms with E-state index in [4.69, 9.17) is 9.84 Å². The van der Waals surface area contributed by atoms with E-state index in [0.717, 1.165) is 12.8 Å². The van der Waals surface area contributed by atoms with Crippen LogP contribution in [0.1, 0.15) is 25.7 Å². The van der Waals surface area contributed by atoms with Crippen molar-refractivity contribution in [2.24, 2.45) is 5.92 Å². The quantitative estimate of drug-likeness (QED) is 0.762. The Hall–Kier alpha value is -1.10. The monoisotopic (exact) mass is 227 g/mol. The van der Waals surface area contributed by atoms with Gasteiger partial charge >= 0.3 is 5.97 Å². The average Bonchev–Trinajstić information content (AvgIpc) is 2.23. The Morgan fingerprint density at radius 3 is 2.69 bits per heavy atom. The zero-order chi connectivity index (χ0) is 11.5. The molecule has 1 N–H and O–H groups in total. The summed E-state index contributed by atoms with van der Waals surface area (Å²) in [7, 11) is 0. The molecule has 1 aliphatic heterocycles. The molecule has 1 unspecified atom stereocenters. The van der Waals surface area contributed by atoms with Crippen LogP contribution in [0.15, 0.2) is 0 Å². The molecule has 16 heavy (non-hydrogen) atoms. The van der Waals surface area contributed by atoms with E-state index < -0.39 is 12.0 Å². The predicted octanol–water partition coefficient (Wildman–Crippen LogP) is 0.489. The highest BCUT2D eigenvalue weighted by atomic mass is 16.5. The molecule has 90 valence electrons. The van der Waals surface area contributed by atoms with E-state index in [1.54, 1.807) is 0 Å². The summed E-state index contributed by atoms with van der Waals surface area (Å²) in [6.07, 6.45) is 3.91. The zero-order valence-corrected chi connectivity index (χ0v) is 9.22. The summed E-state index contributed by atoms with van der Waals surface area (Å²) in [5.41, 5.74) is 0. The molecule has 0 aromatic heterocycles.